The van der Waals surface area contributed by atoms with E-state index in [0.717, 1.165) is 24.7 Å². The van der Waals surface area contributed by atoms with E-state index in [9.17, 15) is 4.79 Å². The van der Waals surface area contributed by atoms with E-state index in [1.165, 1.54) is 19.3 Å². The highest BCUT2D eigenvalue weighted by atomic mass is 16.3. The average molecular weight is 365 g/mol. The summed E-state index contributed by atoms with van der Waals surface area (Å²) in [6.07, 6.45) is 12.1. The van der Waals surface area contributed by atoms with Gasteiger partial charge in [0.15, 0.2) is 0 Å². The van der Waals surface area contributed by atoms with Gasteiger partial charge in [-0.2, -0.15) is 0 Å². The zero-order valence-corrected chi connectivity index (χ0v) is 15.1. The highest BCUT2D eigenvalue weighted by Gasteiger charge is 2.25. The van der Waals surface area contributed by atoms with Crippen molar-refractivity contribution in [3.8, 4) is 5.82 Å². The molecule has 1 unspecified atom stereocenters. The lowest BCUT2D eigenvalue weighted by molar-refractivity contribution is 0.0914. The Morgan fingerprint density at radius 2 is 2.11 bits per heavy atom. The second-order valence-corrected chi connectivity index (χ2v) is 6.71. The van der Waals surface area contributed by atoms with Crippen LogP contribution in [0.1, 0.15) is 41.4 Å². The molecule has 0 bridgehead atoms. The number of aromatic nitrogens is 3. The summed E-state index contributed by atoms with van der Waals surface area (Å²) in [4.78, 5) is 23.3. The molecule has 3 aromatic rings. The number of carbonyl (C=O) groups is 1. The van der Waals surface area contributed by atoms with Gasteiger partial charge in [0.05, 0.1) is 17.9 Å². The maximum absolute atomic E-state index is 12.6. The molecule has 27 heavy (non-hydrogen) atoms. The van der Waals surface area contributed by atoms with E-state index in [-0.39, 0.29) is 11.9 Å². The van der Waals surface area contributed by atoms with Crippen LogP contribution in [0.25, 0.3) is 5.82 Å². The van der Waals surface area contributed by atoms with Crippen LogP contribution in [0.5, 0.6) is 0 Å². The van der Waals surface area contributed by atoms with Crippen molar-refractivity contribution < 1.29 is 9.21 Å². The molecule has 0 aromatic carbocycles. The Hall–Kier alpha value is -2.93. The molecule has 0 aliphatic carbocycles. The Kier molecular flexibility index (Phi) is 5.29. The molecule has 1 saturated heterocycles. The Morgan fingerprint density at radius 3 is 2.78 bits per heavy atom. The minimum Gasteiger partial charge on any atom is -0.468 e. The normalized spacial score (nSPS) is 16.1. The zero-order chi connectivity index (χ0) is 18.5. The van der Waals surface area contributed by atoms with Gasteiger partial charge in [0, 0.05) is 25.1 Å². The Balaban J connectivity index is 1.41. The number of amides is 1. The third kappa shape index (κ3) is 4.09. The van der Waals surface area contributed by atoms with Crippen LogP contribution >= 0.6 is 0 Å². The summed E-state index contributed by atoms with van der Waals surface area (Å²) in [5, 5.41) is 3.04. The SMILES string of the molecule is O=C(NCC(c1ccco1)N1CCCCC1)c1ccc(-n2ccnc2)nc1. The fraction of sp³-hybridized carbons (Fsp3) is 0.350. The molecule has 0 saturated carbocycles. The summed E-state index contributed by atoms with van der Waals surface area (Å²) < 4.78 is 7.43. The number of hydrogen-bond acceptors (Lipinski definition) is 5. The summed E-state index contributed by atoms with van der Waals surface area (Å²) in [6.45, 7) is 2.57. The monoisotopic (exact) mass is 365 g/mol. The lowest BCUT2D eigenvalue weighted by atomic mass is 10.1. The van der Waals surface area contributed by atoms with Gasteiger partial charge >= 0.3 is 0 Å². The van der Waals surface area contributed by atoms with Crippen molar-refractivity contribution >= 4 is 5.91 Å². The molecule has 0 radical (unpaired) electrons. The molecule has 1 N–H and O–H groups in total. The van der Waals surface area contributed by atoms with Crippen molar-refractivity contribution in [2.45, 2.75) is 25.3 Å². The summed E-state index contributed by atoms with van der Waals surface area (Å²) >= 11 is 0. The molecule has 1 aliphatic rings. The van der Waals surface area contributed by atoms with E-state index in [1.54, 1.807) is 35.6 Å². The predicted molar refractivity (Wildman–Crippen MR) is 101 cm³/mol. The molecule has 1 amide bonds. The first-order chi connectivity index (χ1) is 13.3. The Morgan fingerprint density at radius 1 is 1.22 bits per heavy atom. The van der Waals surface area contributed by atoms with Crippen molar-refractivity contribution in [3.05, 3.63) is 66.8 Å². The van der Waals surface area contributed by atoms with E-state index in [4.69, 9.17) is 4.42 Å². The average Bonchev–Trinajstić information content (AvgIpc) is 3.43. The number of piperidine rings is 1. The standard InChI is InChI=1S/C20H23N5O2/c26-20(16-6-7-19(22-13-16)25-11-8-21-15-25)23-14-17(18-5-4-12-27-18)24-9-2-1-3-10-24/h4-8,11-13,15,17H,1-3,9-10,14H2,(H,23,26). The zero-order valence-electron chi connectivity index (χ0n) is 15.1. The lowest BCUT2D eigenvalue weighted by Gasteiger charge is -2.33. The molecule has 7 heteroatoms. The first-order valence-electron chi connectivity index (χ1n) is 9.31. The van der Waals surface area contributed by atoms with Crippen LogP contribution in [0.2, 0.25) is 0 Å². The number of nitrogens with zero attached hydrogens (tertiary/aromatic N) is 4. The van der Waals surface area contributed by atoms with Crippen LogP contribution in [-0.2, 0) is 0 Å². The number of pyridine rings is 1. The smallest absolute Gasteiger partial charge is 0.252 e. The quantitative estimate of drug-likeness (QED) is 0.727. The first kappa shape index (κ1) is 17.5. The highest BCUT2D eigenvalue weighted by molar-refractivity contribution is 5.93. The van der Waals surface area contributed by atoms with Gasteiger partial charge in [-0.15, -0.1) is 0 Å². The van der Waals surface area contributed by atoms with E-state index in [2.05, 4.69) is 20.2 Å². The largest absolute Gasteiger partial charge is 0.468 e. The molecule has 4 rings (SSSR count). The summed E-state index contributed by atoms with van der Waals surface area (Å²) in [6, 6.07) is 7.52. The summed E-state index contributed by atoms with van der Waals surface area (Å²) in [5.41, 5.74) is 0.538. The Bertz CT molecular complexity index is 837. The van der Waals surface area contributed by atoms with Crippen molar-refractivity contribution in [2.24, 2.45) is 0 Å². The molecule has 3 aromatic heterocycles. The van der Waals surface area contributed by atoms with Gasteiger partial charge < -0.3 is 9.73 Å². The number of nitrogens with one attached hydrogen (secondary N) is 1. The van der Waals surface area contributed by atoms with Crippen LogP contribution < -0.4 is 5.32 Å². The molecule has 7 nitrogen and oxygen atoms in total. The molecule has 1 fully saturated rings. The van der Waals surface area contributed by atoms with Gasteiger partial charge in [0.25, 0.3) is 5.91 Å². The van der Waals surface area contributed by atoms with E-state index < -0.39 is 0 Å². The van der Waals surface area contributed by atoms with Gasteiger partial charge in [-0.3, -0.25) is 14.3 Å². The van der Waals surface area contributed by atoms with Gasteiger partial charge in [-0.25, -0.2) is 9.97 Å². The molecule has 4 heterocycles. The highest BCUT2D eigenvalue weighted by Crippen LogP contribution is 2.24. The van der Waals surface area contributed by atoms with Crippen molar-refractivity contribution in [1.82, 2.24) is 24.8 Å². The summed E-state index contributed by atoms with van der Waals surface area (Å²) in [5.74, 6) is 1.49. The number of carbonyl (C=O) groups excluding carboxylic acids is 1. The van der Waals surface area contributed by atoms with Gasteiger partial charge in [-0.05, 0) is 50.2 Å². The number of likely N-dealkylation sites (tertiary alicyclic amines) is 1. The van der Waals surface area contributed by atoms with Gasteiger partial charge in [-0.1, -0.05) is 6.42 Å². The van der Waals surface area contributed by atoms with E-state index in [0.29, 0.717) is 12.1 Å². The maximum Gasteiger partial charge on any atom is 0.252 e. The minimum atomic E-state index is -0.131. The van der Waals surface area contributed by atoms with Crippen LogP contribution in [0, 0.1) is 0 Å². The fourth-order valence-corrected chi connectivity index (χ4v) is 3.48. The maximum atomic E-state index is 12.6. The summed E-state index contributed by atoms with van der Waals surface area (Å²) in [7, 11) is 0. The molecular formula is C20H23N5O2. The van der Waals surface area contributed by atoms with Crippen LogP contribution in [0.15, 0.2) is 59.9 Å². The molecule has 1 aliphatic heterocycles. The number of rotatable bonds is 6. The van der Waals surface area contributed by atoms with Crippen LogP contribution in [0.3, 0.4) is 0 Å². The van der Waals surface area contributed by atoms with Gasteiger partial charge in [0.1, 0.15) is 17.9 Å². The van der Waals surface area contributed by atoms with E-state index >= 15 is 0 Å². The number of hydrogen-bond donors (Lipinski definition) is 1. The van der Waals surface area contributed by atoms with Gasteiger partial charge in [0.2, 0.25) is 0 Å². The lowest BCUT2D eigenvalue weighted by Crippen LogP contribution is -2.40. The Labute approximate surface area is 158 Å². The first-order valence-corrected chi connectivity index (χ1v) is 9.31. The molecule has 1 atom stereocenters. The second-order valence-electron chi connectivity index (χ2n) is 6.71. The second kappa shape index (κ2) is 8.18. The topological polar surface area (TPSA) is 76.2 Å². The van der Waals surface area contributed by atoms with E-state index in [1.807, 2.05) is 24.4 Å². The number of furan rings is 1. The van der Waals surface area contributed by atoms with Crippen molar-refractivity contribution in [2.75, 3.05) is 19.6 Å². The molecule has 140 valence electrons. The number of imidazole rings is 1. The minimum absolute atomic E-state index is 0.0578. The molecular weight excluding hydrogens is 342 g/mol. The third-order valence-electron chi connectivity index (χ3n) is 4.94. The predicted octanol–water partition coefficient (Wildman–Crippen LogP) is 2.82. The van der Waals surface area contributed by atoms with Crippen molar-refractivity contribution in [3.63, 3.8) is 0 Å². The van der Waals surface area contributed by atoms with Crippen LogP contribution in [-0.4, -0.2) is 45.0 Å². The van der Waals surface area contributed by atoms with Crippen LogP contribution in [0.4, 0.5) is 0 Å². The fourth-order valence-electron chi connectivity index (χ4n) is 3.48. The molecule has 0 spiro atoms. The third-order valence-corrected chi connectivity index (χ3v) is 4.94. The van der Waals surface area contributed by atoms with Crippen molar-refractivity contribution in [1.29, 1.82) is 0 Å².